The predicted octanol–water partition coefficient (Wildman–Crippen LogP) is 3.30. The van der Waals surface area contributed by atoms with Crippen molar-refractivity contribution < 1.29 is 0 Å². The first-order valence-corrected chi connectivity index (χ1v) is 11.5. The predicted molar refractivity (Wildman–Crippen MR) is 128 cm³/mol. The van der Waals surface area contributed by atoms with Gasteiger partial charge in [0, 0.05) is 43.5 Å². The lowest BCUT2D eigenvalue weighted by atomic mass is 10.1. The fourth-order valence-corrected chi connectivity index (χ4v) is 4.51. The van der Waals surface area contributed by atoms with Crippen LogP contribution in [0.15, 0.2) is 49.1 Å². The number of anilines is 1. The molecule has 0 amide bonds. The molecule has 1 aliphatic heterocycles. The molecule has 1 aromatic carbocycles. The molecule has 0 fully saturated rings. The maximum Gasteiger partial charge on any atom is 0.165 e. The maximum atomic E-state index is 4.91. The molecule has 170 valence electrons. The Morgan fingerprint density at radius 3 is 2.59 bits per heavy atom. The topological polar surface area (TPSA) is 112 Å². The van der Waals surface area contributed by atoms with Crippen LogP contribution in [0.25, 0.3) is 33.9 Å². The third-order valence-corrected chi connectivity index (χ3v) is 6.21. The Balaban J connectivity index is 1.33. The summed E-state index contributed by atoms with van der Waals surface area (Å²) in [7, 11) is 0. The van der Waals surface area contributed by atoms with Gasteiger partial charge in [-0.15, -0.1) is 10.2 Å². The van der Waals surface area contributed by atoms with Crippen molar-refractivity contribution in [3.05, 3.63) is 60.7 Å². The molecule has 1 atom stereocenters. The van der Waals surface area contributed by atoms with Gasteiger partial charge in [0.15, 0.2) is 22.8 Å². The standard InChI is InChI=1S/C24H24N10/c1-3-33-22(17-11-25-15(2)26-12-17)30-20-21(27-14-28-24(20)33)29-18-9-10-19-31-32-23(34(19)13-18)16-7-5-4-6-8-16/h4-8,11-12,14,18H,3,9-10,13H2,1-2H3,(H,27,28,29)/t18-/m1/s1. The monoisotopic (exact) mass is 452 g/mol. The van der Waals surface area contributed by atoms with E-state index in [-0.39, 0.29) is 6.04 Å². The summed E-state index contributed by atoms with van der Waals surface area (Å²) >= 11 is 0. The Labute approximate surface area is 196 Å². The Kier molecular flexibility index (Phi) is 4.97. The summed E-state index contributed by atoms with van der Waals surface area (Å²) in [6, 6.07) is 10.4. The zero-order chi connectivity index (χ0) is 23.1. The molecule has 10 heteroatoms. The van der Waals surface area contributed by atoms with Crippen molar-refractivity contribution in [3.63, 3.8) is 0 Å². The Morgan fingerprint density at radius 2 is 1.79 bits per heavy atom. The summed E-state index contributed by atoms with van der Waals surface area (Å²) in [6.45, 7) is 5.43. The molecule has 0 saturated carbocycles. The molecule has 5 aromatic rings. The zero-order valence-electron chi connectivity index (χ0n) is 19.0. The lowest BCUT2D eigenvalue weighted by Crippen LogP contribution is -2.32. The van der Waals surface area contributed by atoms with Gasteiger partial charge in [-0.05, 0) is 20.3 Å². The van der Waals surface area contributed by atoms with Crippen LogP contribution in [0.1, 0.15) is 25.0 Å². The molecular weight excluding hydrogens is 428 g/mol. The van der Waals surface area contributed by atoms with Crippen molar-refractivity contribution in [2.45, 2.75) is 45.8 Å². The van der Waals surface area contributed by atoms with E-state index >= 15 is 0 Å². The first kappa shape index (κ1) is 20.4. The van der Waals surface area contributed by atoms with Gasteiger partial charge in [-0.1, -0.05) is 30.3 Å². The van der Waals surface area contributed by atoms with Gasteiger partial charge in [-0.3, -0.25) is 0 Å². The minimum absolute atomic E-state index is 0.169. The number of nitrogens with one attached hydrogen (secondary N) is 1. The molecule has 0 unspecified atom stereocenters. The molecule has 0 aliphatic carbocycles. The third kappa shape index (κ3) is 3.47. The highest BCUT2D eigenvalue weighted by molar-refractivity contribution is 5.86. The quantitative estimate of drug-likeness (QED) is 0.432. The normalized spacial score (nSPS) is 15.4. The highest BCUT2D eigenvalue weighted by Gasteiger charge is 2.25. The van der Waals surface area contributed by atoms with Crippen molar-refractivity contribution >= 4 is 17.0 Å². The van der Waals surface area contributed by atoms with Gasteiger partial charge in [-0.2, -0.15) is 0 Å². The number of aromatic nitrogens is 9. The Morgan fingerprint density at radius 1 is 0.971 bits per heavy atom. The van der Waals surface area contributed by atoms with Crippen LogP contribution in [-0.2, 0) is 19.5 Å². The molecular formula is C24H24N10. The number of rotatable bonds is 5. The summed E-state index contributed by atoms with van der Waals surface area (Å²) < 4.78 is 4.27. The molecule has 6 rings (SSSR count). The smallest absolute Gasteiger partial charge is 0.165 e. The van der Waals surface area contributed by atoms with E-state index in [1.807, 2.05) is 25.1 Å². The number of fused-ring (bicyclic) bond motifs is 2. The molecule has 0 bridgehead atoms. The average molecular weight is 453 g/mol. The molecule has 10 nitrogen and oxygen atoms in total. The number of imidazole rings is 1. The largest absolute Gasteiger partial charge is 0.364 e. The summed E-state index contributed by atoms with van der Waals surface area (Å²) in [5, 5.41) is 12.5. The van der Waals surface area contributed by atoms with Gasteiger partial charge >= 0.3 is 0 Å². The van der Waals surface area contributed by atoms with E-state index in [4.69, 9.17) is 4.98 Å². The number of benzene rings is 1. The minimum Gasteiger partial charge on any atom is -0.364 e. The van der Waals surface area contributed by atoms with Crippen LogP contribution in [0, 0.1) is 6.92 Å². The summed E-state index contributed by atoms with van der Waals surface area (Å²) in [4.78, 5) is 22.7. The van der Waals surface area contributed by atoms with Gasteiger partial charge in [0.25, 0.3) is 0 Å². The summed E-state index contributed by atoms with van der Waals surface area (Å²) in [6.07, 6.45) is 6.98. The van der Waals surface area contributed by atoms with E-state index in [9.17, 15) is 0 Å². The molecule has 0 spiro atoms. The second-order valence-corrected chi connectivity index (χ2v) is 8.39. The van der Waals surface area contributed by atoms with Crippen molar-refractivity contribution in [1.29, 1.82) is 0 Å². The van der Waals surface area contributed by atoms with Crippen molar-refractivity contribution in [2.75, 3.05) is 5.32 Å². The van der Waals surface area contributed by atoms with Gasteiger partial charge in [0.1, 0.15) is 23.8 Å². The lowest BCUT2D eigenvalue weighted by molar-refractivity contribution is 0.479. The molecule has 0 radical (unpaired) electrons. The van der Waals surface area contributed by atoms with Crippen LogP contribution in [0.4, 0.5) is 5.82 Å². The second kappa shape index (κ2) is 8.29. The second-order valence-electron chi connectivity index (χ2n) is 8.39. The number of hydrogen-bond acceptors (Lipinski definition) is 8. The van der Waals surface area contributed by atoms with Crippen molar-refractivity contribution in [2.24, 2.45) is 0 Å². The molecule has 4 aromatic heterocycles. The van der Waals surface area contributed by atoms with E-state index in [2.05, 4.69) is 63.6 Å². The van der Waals surface area contributed by atoms with Gasteiger partial charge < -0.3 is 14.5 Å². The molecule has 1 aliphatic rings. The third-order valence-electron chi connectivity index (χ3n) is 6.21. The van der Waals surface area contributed by atoms with E-state index in [1.165, 1.54) is 0 Å². The number of nitrogens with zero attached hydrogens (tertiary/aromatic N) is 9. The van der Waals surface area contributed by atoms with Gasteiger partial charge in [0.2, 0.25) is 0 Å². The SMILES string of the molecule is CCn1c(-c2cnc(C)nc2)nc2c(N[C@@H]3CCc4nnc(-c5ccccc5)n4C3)ncnc21. The van der Waals surface area contributed by atoms with Crippen LogP contribution in [0.3, 0.4) is 0 Å². The number of aryl methyl sites for hydroxylation is 3. The van der Waals surface area contributed by atoms with Crippen LogP contribution in [0.5, 0.6) is 0 Å². The van der Waals surface area contributed by atoms with Crippen LogP contribution >= 0.6 is 0 Å². The first-order chi connectivity index (χ1) is 16.7. The average Bonchev–Trinajstić information content (AvgIpc) is 3.47. The highest BCUT2D eigenvalue weighted by Crippen LogP contribution is 2.29. The van der Waals surface area contributed by atoms with E-state index in [0.29, 0.717) is 0 Å². The molecule has 34 heavy (non-hydrogen) atoms. The van der Waals surface area contributed by atoms with Crippen molar-refractivity contribution in [3.8, 4) is 22.8 Å². The highest BCUT2D eigenvalue weighted by atomic mass is 15.3. The number of hydrogen-bond donors (Lipinski definition) is 1. The minimum atomic E-state index is 0.169. The van der Waals surface area contributed by atoms with E-state index in [1.54, 1.807) is 18.7 Å². The Hall–Kier alpha value is -4.21. The first-order valence-electron chi connectivity index (χ1n) is 11.5. The molecule has 0 saturated heterocycles. The maximum absolute atomic E-state index is 4.91. The van der Waals surface area contributed by atoms with Crippen molar-refractivity contribution in [1.82, 2.24) is 44.3 Å². The van der Waals surface area contributed by atoms with Gasteiger partial charge in [0.05, 0.1) is 5.56 Å². The van der Waals surface area contributed by atoms with E-state index in [0.717, 1.165) is 77.3 Å². The van der Waals surface area contributed by atoms with Gasteiger partial charge in [-0.25, -0.2) is 24.9 Å². The lowest BCUT2D eigenvalue weighted by Gasteiger charge is -2.25. The van der Waals surface area contributed by atoms with Crippen LogP contribution in [-0.4, -0.2) is 50.3 Å². The zero-order valence-corrected chi connectivity index (χ0v) is 19.0. The Bertz CT molecular complexity index is 1450. The van der Waals surface area contributed by atoms with E-state index < -0.39 is 0 Å². The molecule has 1 N–H and O–H groups in total. The summed E-state index contributed by atoms with van der Waals surface area (Å²) in [5.41, 5.74) is 3.47. The fraction of sp³-hybridized carbons (Fsp3) is 0.292. The van der Waals surface area contributed by atoms with Crippen LogP contribution < -0.4 is 5.32 Å². The van der Waals surface area contributed by atoms with Crippen LogP contribution in [0.2, 0.25) is 0 Å². The fourth-order valence-electron chi connectivity index (χ4n) is 4.51. The summed E-state index contributed by atoms with van der Waals surface area (Å²) in [5.74, 6) is 4.16. The molecule has 5 heterocycles.